The first-order valence-corrected chi connectivity index (χ1v) is 11.0. The molecule has 0 bridgehead atoms. The summed E-state index contributed by atoms with van der Waals surface area (Å²) in [6.45, 7) is 14.7. The van der Waals surface area contributed by atoms with E-state index in [1.165, 1.54) is 0 Å². The third-order valence-electron chi connectivity index (χ3n) is 6.16. The van der Waals surface area contributed by atoms with Crippen LogP contribution >= 0.6 is 0 Å². The van der Waals surface area contributed by atoms with E-state index in [9.17, 15) is 9.59 Å². The van der Waals surface area contributed by atoms with Crippen LogP contribution in [-0.2, 0) is 14.0 Å². The van der Waals surface area contributed by atoms with Crippen molar-refractivity contribution < 1.29 is 23.6 Å². The zero-order valence-corrected chi connectivity index (χ0v) is 19.8. The van der Waals surface area contributed by atoms with Gasteiger partial charge in [-0.05, 0) is 78.9 Å². The first-order chi connectivity index (χ1) is 14.3. The van der Waals surface area contributed by atoms with Gasteiger partial charge in [0.15, 0.2) is 0 Å². The number of carbonyl (C=O) groups excluding carboxylic acids is 2. The second kappa shape index (κ2) is 8.47. The van der Waals surface area contributed by atoms with Gasteiger partial charge in [-0.2, -0.15) is 0 Å². The predicted octanol–water partition coefficient (Wildman–Crippen LogP) is 3.12. The molecule has 2 saturated heterocycles. The Kier molecular flexibility index (Phi) is 6.45. The summed E-state index contributed by atoms with van der Waals surface area (Å²) >= 11 is 0. The van der Waals surface area contributed by atoms with E-state index < -0.39 is 23.9 Å². The fraction of sp³-hybridized carbons (Fsp3) is 0.652. The first kappa shape index (κ1) is 23.6. The molecule has 170 valence electrons. The maximum Gasteiger partial charge on any atom is 0.494 e. The van der Waals surface area contributed by atoms with E-state index in [2.05, 4.69) is 5.32 Å². The molecule has 0 radical (unpaired) electrons. The summed E-state index contributed by atoms with van der Waals surface area (Å²) in [5.41, 5.74) is 0.0216. The molecule has 0 spiro atoms. The molecule has 1 aromatic carbocycles. The second-order valence-electron chi connectivity index (χ2n) is 10.4. The number of nitrogens with zero attached hydrogens (tertiary/aromatic N) is 1. The summed E-state index contributed by atoms with van der Waals surface area (Å²) in [7, 11) is -0.505. The van der Waals surface area contributed by atoms with Crippen molar-refractivity contribution in [3.8, 4) is 0 Å². The molecular weight excluding hydrogens is 395 g/mol. The van der Waals surface area contributed by atoms with E-state index in [1.807, 2.05) is 66.7 Å². The Morgan fingerprint density at radius 1 is 1.10 bits per heavy atom. The van der Waals surface area contributed by atoms with Gasteiger partial charge in [-0.3, -0.25) is 4.79 Å². The molecule has 0 aromatic heterocycles. The first-order valence-electron chi connectivity index (χ1n) is 11.0. The Hall–Kier alpha value is -2.06. The Morgan fingerprint density at radius 2 is 1.68 bits per heavy atom. The Balaban J connectivity index is 1.57. The SMILES string of the molecule is CC(C)(C)OC(=O)N1CCC(NC(=O)c2cccc(B3OC(C)(C)C(C)(C)O3)c2)CC1. The van der Waals surface area contributed by atoms with E-state index in [0.29, 0.717) is 31.5 Å². The van der Waals surface area contributed by atoms with Crippen molar-refractivity contribution in [1.29, 1.82) is 0 Å². The van der Waals surface area contributed by atoms with Gasteiger partial charge in [0.1, 0.15) is 5.60 Å². The third kappa shape index (κ3) is 5.60. The lowest BCUT2D eigenvalue weighted by atomic mass is 9.78. The van der Waals surface area contributed by atoms with E-state index in [1.54, 1.807) is 11.0 Å². The standard InChI is InChI=1S/C23H35BN2O5/c1-21(2,3)29-20(28)26-13-11-18(12-14-26)25-19(27)16-9-8-10-17(15-16)24-30-22(4,5)23(6,7)31-24/h8-10,15,18H,11-14H2,1-7H3,(H,25,27). The average Bonchev–Trinajstić information content (AvgIpc) is 2.88. The number of hydrogen-bond acceptors (Lipinski definition) is 5. The minimum absolute atomic E-state index is 0.0201. The van der Waals surface area contributed by atoms with Crippen LogP contribution in [0.5, 0.6) is 0 Å². The molecule has 3 rings (SSSR count). The van der Waals surface area contributed by atoms with Crippen molar-refractivity contribution in [2.75, 3.05) is 13.1 Å². The second-order valence-corrected chi connectivity index (χ2v) is 10.4. The zero-order chi connectivity index (χ0) is 23.0. The summed E-state index contributed by atoms with van der Waals surface area (Å²) in [4.78, 5) is 26.8. The Morgan fingerprint density at radius 3 is 2.23 bits per heavy atom. The Bertz CT molecular complexity index is 810. The number of benzene rings is 1. The number of likely N-dealkylation sites (tertiary alicyclic amines) is 1. The molecule has 0 unspecified atom stereocenters. The summed E-state index contributed by atoms with van der Waals surface area (Å²) in [6, 6.07) is 7.40. The number of rotatable bonds is 3. The van der Waals surface area contributed by atoms with Gasteiger partial charge < -0.3 is 24.3 Å². The lowest BCUT2D eigenvalue weighted by Gasteiger charge is -2.33. The van der Waals surface area contributed by atoms with Crippen LogP contribution in [0.25, 0.3) is 0 Å². The van der Waals surface area contributed by atoms with Gasteiger partial charge in [-0.15, -0.1) is 0 Å². The summed E-state index contributed by atoms with van der Waals surface area (Å²) in [5.74, 6) is -0.130. The molecule has 1 aromatic rings. The molecular formula is C23H35BN2O5. The maximum absolute atomic E-state index is 12.8. The van der Waals surface area contributed by atoms with Crippen molar-refractivity contribution >= 4 is 24.6 Å². The van der Waals surface area contributed by atoms with Gasteiger partial charge in [-0.25, -0.2) is 4.79 Å². The largest absolute Gasteiger partial charge is 0.494 e. The van der Waals surface area contributed by atoms with E-state index >= 15 is 0 Å². The predicted molar refractivity (Wildman–Crippen MR) is 120 cm³/mol. The van der Waals surface area contributed by atoms with Crippen LogP contribution in [0.1, 0.15) is 71.7 Å². The van der Waals surface area contributed by atoms with Crippen LogP contribution in [0.2, 0.25) is 0 Å². The number of nitrogens with one attached hydrogen (secondary N) is 1. The fourth-order valence-corrected chi connectivity index (χ4v) is 3.61. The lowest BCUT2D eigenvalue weighted by molar-refractivity contribution is 0.00578. The Labute approximate surface area is 185 Å². The van der Waals surface area contributed by atoms with Gasteiger partial charge in [0.05, 0.1) is 11.2 Å². The number of amides is 2. The molecule has 2 aliphatic heterocycles. The van der Waals surface area contributed by atoms with Gasteiger partial charge in [-0.1, -0.05) is 12.1 Å². The van der Waals surface area contributed by atoms with E-state index in [4.69, 9.17) is 14.0 Å². The van der Waals surface area contributed by atoms with Crippen LogP contribution in [0.15, 0.2) is 24.3 Å². The average molecular weight is 430 g/mol. The van der Waals surface area contributed by atoms with Gasteiger partial charge in [0.2, 0.25) is 0 Å². The van der Waals surface area contributed by atoms with Crippen LogP contribution in [0.4, 0.5) is 4.79 Å². The number of hydrogen-bond donors (Lipinski definition) is 1. The van der Waals surface area contributed by atoms with Gasteiger partial charge in [0, 0.05) is 24.7 Å². The molecule has 31 heavy (non-hydrogen) atoms. The molecule has 2 heterocycles. The molecule has 0 saturated carbocycles. The third-order valence-corrected chi connectivity index (χ3v) is 6.16. The van der Waals surface area contributed by atoms with Crippen LogP contribution in [0, 0.1) is 0 Å². The molecule has 8 heteroatoms. The van der Waals surface area contributed by atoms with Crippen LogP contribution in [0.3, 0.4) is 0 Å². The highest BCUT2D eigenvalue weighted by molar-refractivity contribution is 6.62. The van der Waals surface area contributed by atoms with Crippen LogP contribution in [-0.4, -0.2) is 60.0 Å². The maximum atomic E-state index is 12.8. The normalized spacial score (nSPS) is 21.1. The summed E-state index contributed by atoms with van der Waals surface area (Å²) in [5, 5.41) is 3.09. The lowest BCUT2D eigenvalue weighted by Crippen LogP contribution is -2.48. The molecule has 2 aliphatic rings. The van der Waals surface area contributed by atoms with E-state index in [-0.39, 0.29) is 18.0 Å². The fourth-order valence-electron chi connectivity index (χ4n) is 3.61. The van der Waals surface area contributed by atoms with Crippen molar-refractivity contribution in [1.82, 2.24) is 10.2 Å². The van der Waals surface area contributed by atoms with E-state index in [0.717, 1.165) is 5.46 Å². The highest BCUT2D eigenvalue weighted by Crippen LogP contribution is 2.36. The quantitative estimate of drug-likeness (QED) is 0.746. The molecule has 1 N–H and O–H groups in total. The topological polar surface area (TPSA) is 77.1 Å². The molecule has 0 aliphatic carbocycles. The highest BCUT2D eigenvalue weighted by Gasteiger charge is 2.51. The smallest absolute Gasteiger partial charge is 0.444 e. The van der Waals surface area contributed by atoms with Crippen LogP contribution < -0.4 is 10.8 Å². The molecule has 7 nitrogen and oxygen atoms in total. The molecule has 2 fully saturated rings. The highest BCUT2D eigenvalue weighted by atomic mass is 16.7. The minimum atomic E-state index is -0.510. The van der Waals surface area contributed by atoms with Gasteiger partial charge in [0.25, 0.3) is 5.91 Å². The van der Waals surface area contributed by atoms with Crippen molar-refractivity contribution in [2.45, 2.75) is 84.2 Å². The van der Waals surface area contributed by atoms with Crippen molar-refractivity contribution in [2.24, 2.45) is 0 Å². The molecule has 0 atom stereocenters. The zero-order valence-electron chi connectivity index (χ0n) is 19.8. The number of ether oxygens (including phenoxy) is 1. The molecule has 2 amide bonds. The summed E-state index contributed by atoms with van der Waals surface area (Å²) in [6.07, 6.45) is 1.09. The summed E-state index contributed by atoms with van der Waals surface area (Å²) < 4.78 is 17.6. The van der Waals surface area contributed by atoms with Crippen molar-refractivity contribution in [3.05, 3.63) is 29.8 Å². The van der Waals surface area contributed by atoms with Crippen molar-refractivity contribution in [3.63, 3.8) is 0 Å². The van der Waals surface area contributed by atoms with Gasteiger partial charge >= 0.3 is 13.2 Å². The minimum Gasteiger partial charge on any atom is -0.444 e. The number of carbonyl (C=O) groups is 2. The number of piperidine rings is 1. The monoisotopic (exact) mass is 430 g/mol.